The largest absolute Gasteiger partial charge is 0.507 e. The lowest BCUT2D eigenvalue weighted by atomic mass is 10.2. The average Bonchev–Trinajstić information content (AvgIpc) is 2.92. The van der Waals surface area contributed by atoms with Crippen molar-refractivity contribution in [2.24, 2.45) is 15.3 Å². The zero-order valence-corrected chi connectivity index (χ0v) is 13.3. The lowest BCUT2D eigenvalue weighted by Gasteiger charge is -2.06. The summed E-state index contributed by atoms with van der Waals surface area (Å²) >= 11 is 4.97. The zero-order chi connectivity index (χ0) is 16.9. The normalized spacial score (nSPS) is 14.8. The van der Waals surface area contributed by atoms with Gasteiger partial charge in [-0.1, -0.05) is 18.2 Å². The summed E-state index contributed by atoms with van der Waals surface area (Å²) < 4.78 is 0. The Balaban J connectivity index is 1.80. The van der Waals surface area contributed by atoms with Crippen LogP contribution < -0.4 is 5.32 Å². The number of benzene rings is 2. The van der Waals surface area contributed by atoms with Crippen molar-refractivity contribution in [3.8, 4) is 5.75 Å². The summed E-state index contributed by atoms with van der Waals surface area (Å²) in [5.41, 5.74) is 1.67. The van der Waals surface area contributed by atoms with Crippen LogP contribution in [0.4, 0.5) is 11.4 Å². The van der Waals surface area contributed by atoms with E-state index in [4.69, 9.17) is 12.2 Å². The van der Waals surface area contributed by atoms with Crippen LogP contribution in [0.25, 0.3) is 0 Å². The highest BCUT2D eigenvalue weighted by Crippen LogP contribution is 2.24. The van der Waals surface area contributed by atoms with Gasteiger partial charge in [-0.25, -0.2) is 0 Å². The summed E-state index contributed by atoms with van der Waals surface area (Å²) in [4.78, 5) is 11.6. The number of nitrogens with one attached hydrogen (secondary N) is 1. The predicted octanol–water partition coefficient (Wildman–Crippen LogP) is 2.86. The summed E-state index contributed by atoms with van der Waals surface area (Å²) in [6, 6.07) is 14.0. The van der Waals surface area contributed by atoms with Crippen LogP contribution in [-0.2, 0) is 4.79 Å². The summed E-state index contributed by atoms with van der Waals surface area (Å²) in [6.45, 7) is 0.119. The van der Waals surface area contributed by atoms with Crippen molar-refractivity contribution < 1.29 is 9.90 Å². The molecule has 7 nitrogen and oxygen atoms in total. The van der Waals surface area contributed by atoms with Gasteiger partial charge in [-0.15, -0.1) is 0 Å². The van der Waals surface area contributed by atoms with E-state index in [1.807, 2.05) is 30.3 Å². The first-order valence-corrected chi connectivity index (χ1v) is 7.49. The van der Waals surface area contributed by atoms with Crippen LogP contribution in [0.2, 0.25) is 0 Å². The fourth-order valence-corrected chi connectivity index (χ4v) is 2.19. The van der Waals surface area contributed by atoms with Gasteiger partial charge in [-0.3, -0.25) is 4.79 Å². The highest BCUT2D eigenvalue weighted by atomic mass is 32.1. The minimum absolute atomic E-state index is 0.0166. The molecule has 1 aliphatic rings. The minimum atomic E-state index is -0.254. The third-order valence-corrected chi connectivity index (χ3v) is 3.50. The molecule has 0 aromatic heterocycles. The van der Waals surface area contributed by atoms with E-state index >= 15 is 0 Å². The molecule has 0 saturated carbocycles. The van der Waals surface area contributed by atoms with Gasteiger partial charge in [0.25, 0.3) is 5.91 Å². The molecule has 1 fully saturated rings. The number of azo groups is 1. The molecule has 1 heterocycles. The van der Waals surface area contributed by atoms with Crippen molar-refractivity contribution in [2.45, 2.75) is 0 Å². The first kappa shape index (κ1) is 15.8. The molecule has 1 amide bonds. The van der Waals surface area contributed by atoms with E-state index in [2.05, 4.69) is 20.6 Å². The number of rotatable bonds is 4. The molecule has 0 bridgehead atoms. The lowest BCUT2D eigenvalue weighted by Crippen LogP contribution is -2.25. The van der Waals surface area contributed by atoms with Gasteiger partial charge in [0.2, 0.25) is 0 Å². The Kier molecular flexibility index (Phi) is 4.57. The van der Waals surface area contributed by atoms with Crippen LogP contribution in [0.15, 0.2) is 63.9 Å². The fraction of sp³-hybridized carbons (Fsp3) is 0.0625. The fourth-order valence-electron chi connectivity index (χ4n) is 1.97. The molecule has 0 spiro atoms. The smallest absolute Gasteiger partial charge is 0.268 e. The number of phenols is 1. The van der Waals surface area contributed by atoms with Gasteiger partial charge in [0, 0.05) is 5.56 Å². The Bertz CT molecular complexity index is 820. The SMILES string of the molecule is O=C1CNC(=S)N1/N=C/c1cc(N=Nc2ccccc2)ccc1O. The molecule has 3 rings (SSSR count). The molecular formula is C16H13N5O2S. The van der Waals surface area contributed by atoms with Gasteiger partial charge < -0.3 is 10.4 Å². The molecule has 8 heteroatoms. The van der Waals surface area contributed by atoms with Crippen molar-refractivity contribution in [3.63, 3.8) is 0 Å². The molecule has 0 aliphatic carbocycles. The summed E-state index contributed by atoms with van der Waals surface area (Å²) in [5, 5.41) is 26.2. The van der Waals surface area contributed by atoms with Crippen LogP contribution >= 0.6 is 12.2 Å². The number of nitrogens with zero attached hydrogens (tertiary/aromatic N) is 4. The molecule has 0 radical (unpaired) electrons. The van der Waals surface area contributed by atoms with Gasteiger partial charge in [-0.2, -0.15) is 20.3 Å². The number of carbonyl (C=O) groups excluding carboxylic acids is 1. The molecule has 0 unspecified atom stereocenters. The Labute approximate surface area is 143 Å². The van der Waals surface area contributed by atoms with Gasteiger partial charge in [-0.05, 0) is 42.5 Å². The summed E-state index contributed by atoms with van der Waals surface area (Å²) in [6.07, 6.45) is 1.36. The molecule has 24 heavy (non-hydrogen) atoms. The molecule has 1 aliphatic heterocycles. The molecule has 120 valence electrons. The molecule has 0 atom stereocenters. The lowest BCUT2D eigenvalue weighted by molar-refractivity contribution is -0.124. The van der Waals surface area contributed by atoms with Gasteiger partial charge in [0.05, 0.1) is 24.1 Å². The number of carbonyl (C=O) groups is 1. The summed E-state index contributed by atoms with van der Waals surface area (Å²) in [5.74, 6) is -0.237. The van der Waals surface area contributed by atoms with E-state index in [0.29, 0.717) is 11.3 Å². The van der Waals surface area contributed by atoms with Crippen LogP contribution in [0.3, 0.4) is 0 Å². The Morgan fingerprint density at radius 1 is 1.12 bits per heavy atom. The number of hydrogen-bond acceptors (Lipinski definition) is 6. The van der Waals surface area contributed by atoms with E-state index in [1.165, 1.54) is 12.3 Å². The van der Waals surface area contributed by atoms with Crippen molar-refractivity contribution in [2.75, 3.05) is 6.54 Å². The first-order valence-electron chi connectivity index (χ1n) is 7.08. The second-order valence-electron chi connectivity index (χ2n) is 4.89. The molecule has 2 N–H and O–H groups in total. The topological polar surface area (TPSA) is 89.7 Å². The van der Waals surface area contributed by atoms with E-state index < -0.39 is 0 Å². The Morgan fingerprint density at radius 3 is 2.58 bits per heavy atom. The monoisotopic (exact) mass is 339 g/mol. The van der Waals surface area contributed by atoms with Crippen molar-refractivity contribution in [1.29, 1.82) is 0 Å². The van der Waals surface area contributed by atoms with Crippen LogP contribution in [0, 0.1) is 0 Å². The second kappa shape index (κ2) is 6.97. The van der Waals surface area contributed by atoms with Crippen molar-refractivity contribution in [3.05, 3.63) is 54.1 Å². The Morgan fingerprint density at radius 2 is 1.88 bits per heavy atom. The van der Waals surface area contributed by atoms with E-state index in [1.54, 1.807) is 12.1 Å². The van der Waals surface area contributed by atoms with Gasteiger partial charge in [0.1, 0.15) is 5.75 Å². The maximum atomic E-state index is 11.6. The number of aromatic hydroxyl groups is 1. The van der Waals surface area contributed by atoms with Crippen LogP contribution in [0.5, 0.6) is 5.75 Å². The van der Waals surface area contributed by atoms with Crippen molar-refractivity contribution >= 4 is 40.8 Å². The quantitative estimate of drug-likeness (QED) is 0.509. The molecule has 2 aromatic carbocycles. The third kappa shape index (κ3) is 3.61. The number of phenolic OH excluding ortho intramolecular Hbond substituents is 1. The van der Waals surface area contributed by atoms with Crippen molar-refractivity contribution in [1.82, 2.24) is 10.3 Å². The van der Waals surface area contributed by atoms with Gasteiger partial charge >= 0.3 is 0 Å². The Hall–Kier alpha value is -3.13. The first-order chi connectivity index (χ1) is 11.6. The van der Waals surface area contributed by atoms with Crippen LogP contribution in [0.1, 0.15) is 5.56 Å². The second-order valence-corrected chi connectivity index (χ2v) is 5.27. The average molecular weight is 339 g/mol. The van der Waals surface area contributed by atoms with Crippen LogP contribution in [-0.4, -0.2) is 33.9 Å². The van der Waals surface area contributed by atoms with E-state index in [0.717, 1.165) is 10.7 Å². The molecule has 2 aromatic rings. The highest BCUT2D eigenvalue weighted by molar-refractivity contribution is 7.80. The molecule has 1 saturated heterocycles. The highest BCUT2D eigenvalue weighted by Gasteiger charge is 2.24. The predicted molar refractivity (Wildman–Crippen MR) is 93.8 cm³/mol. The number of thiocarbonyl (C=S) groups is 1. The summed E-state index contributed by atoms with van der Waals surface area (Å²) in [7, 11) is 0. The zero-order valence-electron chi connectivity index (χ0n) is 12.5. The van der Waals surface area contributed by atoms with E-state index in [9.17, 15) is 9.90 Å². The number of hydrazone groups is 1. The maximum Gasteiger partial charge on any atom is 0.268 e. The molecular weight excluding hydrogens is 326 g/mol. The number of amides is 1. The van der Waals surface area contributed by atoms with Gasteiger partial charge in [0.15, 0.2) is 5.11 Å². The third-order valence-electron chi connectivity index (χ3n) is 3.18. The number of hydrogen-bond donors (Lipinski definition) is 2. The maximum absolute atomic E-state index is 11.6. The minimum Gasteiger partial charge on any atom is -0.507 e. The van der Waals surface area contributed by atoms with E-state index in [-0.39, 0.29) is 23.3 Å². The standard InChI is InChI=1S/C16H13N5O2S/c22-14-7-6-13(20-19-12-4-2-1-3-5-12)8-11(14)9-18-21-15(23)10-17-16(21)24/h1-9,22H,10H2,(H,17,24)/b18-9+,20-19?.